The summed E-state index contributed by atoms with van der Waals surface area (Å²) in [5.74, 6) is -0.837. The fourth-order valence-corrected chi connectivity index (χ4v) is 3.85. The first-order chi connectivity index (χ1) is 15.1. The lowest BCUT2D eigenvalue weighted by atomic mass is 10.1. The molecule has 1 N–H and O–H groups in total. The largest absolute Gasteiger partial charge is 0.487 e. The third-order valence-electron chi connectivity index (χ3n) is 5.32. The van der Waals surface area contributed by atoms with Gasteiger partial charge in [0.2, 0.25) is 0 Å². The number of ether oxygens (including phenoxy) is 3. The highest BCUT2D eigenvalue weighted by atomic mass is 16.7. The second kappa shape index (κ2) is 8.91. The number of hydrazine groups is 1. The number of benzene rings is 2. The predicted molar refractivity (Wildman–Crippen MR) is 118 cm³/mol. The van der Waals surface area contributed by atoms with Crippen molar-refractivity contribution in [1.29, 1.82) is 0 Å². The molecular formula is C24H27N3O4. The highest BCUT2D eigenvalue weighted by Gasteiger charge is 2.45. The van der Waals surface area contributed by atoms with Crippen LogP contribution in [0.15, 0.2) is 54.6 Å². The van der Waals surface area contributed by atoms with Crippen LogP contribution in [0.5, 0.6) is 5.75 Å². The number of pyridine rings is 1. The number of esters is 1. The SMILES string of the molecule is CCCC1(OC)OC(=O)CNN1c1ccccc1COc1cccc2ccc(C)nc12. The van der Waals surface area contributed by atoms with Crippen LogP contribution in [0, 0.1) is 6.92 Å². The molecule has 1 aliphatic heterocycles. The summed E-state index contributed by atoms with van der Waals surface area (Å²) in [6.45, 7) is 4.37. The first-order valence-corrected chi connectivity index (χ1v) is 10.4. The third-order valence-corrected chi connectivity index (χ3v) is 5.32. The van der Waals surface area contributed by atoms with Gasteiger partial charge in [0.15, 0.2) is 0 Å². The molecule has 162 valence electrons. The average molecular weight is 421 g/mol. The van der Waals surface area contributed by atoms with Crippen molar-refractivity contribution in [1.82, 2.24) is 10.4 Å². The molecule has 31 heavy (non-hydrogen) atoms. The van der Waals surface area contributed by atoms with Gasteiger partial charge in [0, 0.05) is 30.2 Å². The molecule has 1 atom stereocenters. The summed E-state index contributed by atoms with van der Waals surface area (Å²) >= 11 is 0. The zero-order valence-electron chi connectivity index (χ0n) is 18.1. The van der Waals surface area contributed by atoms with Crippen molar-refractivity contribution in [2.24, 2.45) is 0 Å². The van der Waals surface area contributed by atoms with Crippen molar-refractivity contribution in [3.8, 4) is 5.75 Å². The molecule has 0 spiro atoms. The minimum atomic E-state index is -1.21. The minimum Gasteiger partial charge on any atom is -0.487 e. The Morgan fingerprint density at radius 1 is 1.16 bits per heavy atom. The van der Waals surface area contributed by atoms with E-state index in [1.807, 2.05) is 68.4 Å². The van der Waals surface area contributed by atoms with Crippen LogP contribution >= 0.6 is 0 Å². The molecule has 0 bridgehead atoms. The molecule has 0 aliphatic carbocycles. The quantitative estimate of drug-likeness (QED) is 0.576. The van der Waals surface area contributed by atoms with Gasteiger partial charge in [-0.3, -0.25) is 4.79 Å². The van der Waals surface area contributed by atoms with Crippen LogP contribution in [0.25, 0.3) is 10.9 Å². The number of fused-ring (bicyclic) bond motifs is 1. The average Bonchev–Trinajstić information content (AvgIpc) is 2.78. The van der Waals surface area contributed by atoms with Crippen LogP contribution in [-0.2, 0) is 20.9 Å². The van der Waals surface area contributed by atoms with E-state index in [4.69, 9.17) is 14.2 Å². The Bertz CT molecular complexity index is 1090. The number of aromatic nitrogens is 1. The third kappa shape index (κ3) is 4.19. The maximum Gasteiger partial charge on any atom is 0.325 e. The Balaban J connectivity index is 1.65. The van der Waals surface area contributed by atoms with E-state index in [9.17, 15) is 4.79 Å². The molecule has 0 amide bonds. The zero-order chi connectivity index (χ0) is 21.8. The van der Waals surface area contributed by atoms with E-state index in [-0.39, 0.29) is 12.5 Å². The summed E-state index contributed by atoms with van der Waals surface area (Å²) in [5, 5.41) is 2.82. The molecule has 0 saturated carbocycles. The molecule has 7 heteroatoms. The van der Waals surface area contributed by atoms with Crippen LogP contribution in [-0.4, -0.2) is 30.5 Å². The molecule has 0 radical (unpaired) electrons. The van der Waals surface area contributed by atoms with Crippen molar-refractivity contribution in [3.63, 3.8) is 0 Å². The molecule has 2 heterocycles. The number of methoxy groups -OCH3 is 1. The molecule has 1 unspecified atom stereocenters. The zero-order valence-corrected chi connectivity index (χ0v) is 18.1. The van der Waals surface area contributed by atoms with Gasteiger partial charge in [0.25, 0.3) is 0 Å². The minimum absolute atomic E-state index is 0.0660. The number of nitrogens with zero attached hydrogens (tertiary/aromatic N) is 2. The summed E-state index contributed by atoms with van der Waals surface area (Å²) < 4.78 is 17.6. The summed E-state index contributed by atoms with van der Waals surface area (Å²) in [7, 11) is 1.55. The first kappa shape index (κ1) is 21.1. The fourth-order valence-electron chi connectivity index (χ4n) is 3.85. The number of hydrogen-bond acceptors (Lipinski definition) is 7. The number of aryl methyl sites for hydroxylation is 1. The van der Waals surface area contributed by atoms with Crippen LogP contribution < -0.4 is 15.2 Å². The van der Waals surface area contributed by atoms with Gasteiger partial charge in [0.1, 0.15) is 24.4 Å². The summed E-state index contributed by atoms with van der Waals surface area (Å²) in [5.41, 5.74) is 6.68. The normalized spacial score (nSPS) is 18.8. The molecule has 1 aromatic heterocycles. The second-order valence-corrected chi connectivity index (χ2v) is 7.51. The van der Waals surface area contributed by atoms with E-state index in [0.29, 0.717) is 13.0 Å². The number of para-hydroxylation sites is 2. The van der Waals surface area contributed by atoms with Crippen LogP contribution in [0.1, 0.15) is 31.0 Å². The Kier molecular flexibility index (Phi) is 6.06. The maximum atomic E-state index is 12.0. The lowest BCUT2D eigenvalue weighted by Gasteiger charge is -2.45. The summed E-state index contributed by atoms with van der Waals surface area (Å²) in [6, 6.07) is 17.8. The smallest absolute Gasteiger partial charge is 0.325 e. The van der Waals surface area contributed by atoms with Gasteiger partial charge in [-0.15, -0.1) is 0 Å². The van der Waals surface area contributed by atoms with Gasteiger partial charge >= 0.3 is 11.9 Å². The Morgan fingerprint density at radius 2 is 2.00 bits per heavy atom. The number of rotatable bonds is 7. The van der Waals surface area contributed by atoms with Crippen LogP contribution in [0.4, 0.5) is 5.69 Å². The number of nitrogens with one attached hydrogen (secondary N) is 1. The van der Waals surface area contributed by atoms with E-state index >= 15 is 0 Å². The van der Waals surface area contributed by atoms with Crippen molar-refractivity contribution >= 4 is 22.6 Å². The van der Waals surface area contributed by atoms with Crippen molar-refractivity contribution in [2.75, 3.05) is 18.7 Å². The monoisotopic (exact) mass is 421 g/mol. The van der Waals surface area contributed by atoms with Gasteiger partial charge in [-0.05, 0) is 31.5 Å². The Morgan fingerprint density at radius 3 is 2.81 bits per heavy atom. The van der Waals surface area contributed by atoms with Crippen molar-refractivity contribution < 1.29 is 19.0 Å². The van der Waals surface area contributed by atoms with Gasteiger partial charge < -0.3 is 14.2 Å². The van der Waals surface area contributed by atoms with Crippen molar-refractivity contribution in [2.45, 2.75) is 39.2 Å². The molecule has 1 fully saturated rings. The molecule has 1 aliphatic rings. The highest BCUT2D eigenvalue weighted by Crippen LogP contribution is 2.34. The Labute approximate surface area is 181 Å². The van der Waals surface area contributed by atoms with Crippen LogP contribution in [0.3, 0.4) is 0 Å². The predicted octanol–water partition coefficient (Wildman–Crippen LogP) is 4.09. The number of hydrogen-bond donors (Lipinski definition) is 1. The van der Waals surface area contributed by atoms with Gasteiger partial charge in [-0.2, -0.15) is 0 Å². The van der Waals surface area contributed by atoms with E-state index in [1.54, 1.807) is 12.1 Å². The van der Waals surface area contributed by atoms with E-state index in [2.05, 4.69) is 10.4 Å². The van der Waals surface area contributed by atoms with Gasteiger partial charge in [0.05, 0.1) is 5.69 Å². The van der Waals surface area contributed by atoms with Gasteiger partial charge in [-0.1, -0.05) is 43.3 Å². The van der Waals surface area contributed by atoms with Gasteiger partial charge in [-0.25, -0.2) is 15.4 Å². The fraction of sp³-hybridized carbons (Fsp3) is 0.333. The number of anilines is 1. The second-order valence-electron chi connectivity index (χ2n) is 7.51. The van der Waals surface area contributed by atoms with Crippen LogP contribution in [0.2, 0.25) is 0 Å². The topological polar surface area (TPSA) is 72.9 Å². The molecule has 1 saturated heterocycles. The number of carbonyl (C=O) groups excluding carboxylic acids is 1. The molecule has 3 aromatic rings. The highest BCUT2D eigenvalue weighted by molar-refractivity contribution is 5.84. The molecular weight excluding hydrogens is 394 g/mol. The lowest BCUT2D eigenvalue weighted by Crippen LogP contribution is -2.65. The molecule has 4 rings (SSSR count). The summed E-state index contributed by atoms with van der Waals surface area (Å²) in [4.78, 5) is 16.7. The van der Waals surface area contributed by atoms with Crippen molar-refractivity contribution in [3.05, 3.63) is 65.9 Å². The standard InChI is InChI=1S/C24H27N3O4/c1-4-14-24(29-3)27(25-15-22(28)31-24)20-10-6-5-8-19(20)16-30-21-11-7-9-18-13-12-17(2)26-23(18)21/h5-13,25H,4,14-16H2,1-3H3. The lowest BCUT2D eigenvalue weighted by molar-refractivity contribution is -0.237. The van der Waals surface area contributed by atoms with E-state index in [0.717, 1.165) is 40.0 Å². The summed E-state index contributed by atoms with van der Waals surface area (Å²) in [6.07, 6.45) is 1.29. The number of cyclic esters (lactones) is 1. The molecule has 2 aromatic carbocycles. The first-order valence-electron chi connectivity index (χ1n) is 10.4. The maximum absolute atomic E-state index is 12.0. The van der Waals surface area contributed by atoms with E-state index in [1.165, 1.54) is 0 Å². The number of carbonyl (C=O) groups is 1. The van der Waals surface area contributed by atoms with E-state index < -0.39 is 5.91 Å². The molecule has 7 nitrogen and oxygen atoms in total. The Hall–Kier alpha value is -3.16.